The van der Waals surface area contributed by atoms with Gasteiger partial charge in [0.05, 0.1) is 6.04 Å². The van der Waals surface area contributed by atoms with Crippen LogP contribution in [0.4, 0.5) is 5.95 Å². The molecule has 1 rings (SSSR count). The first kappa shape index (κ1) is 15.4. The van der Waals surface area contributed by atoms with Gasteiger partial charge >= 0.3 is 0 Å². The Labute approximate surface area is 112 Å². The van der Waals surface area contributed by atoms with Gasteiger partial charge in [-0.2, -0.15) is 4.98 Å². The first-order chi connectivity index (χ1) is 8.90. The summed E-state index contributed by atoms with van der Waals surface area (Å²) in [6.45, 7) is 1.66. The van der Waals surface area contributed by atoms with Gasteiger partial charge in [-0.1, -0.05) is 0 Å². The van der Waals surface area contributed by atoms with E-state index >= 15 is 0 Å². The third-order valence-electron chi connectivity index (χ3n) is 2.67. The summed E-state index contributed by atoms with van der Waals surface area (Å²) in [6.07, 6.45) is 0.605. The number of nitrogens with two attached hydrogens (primary N) is 2. The molecule has 0 saturated heterocycles. The predicted octanol–water partition coefficient (Wildman–Crippen LogP) is -0.667. The normalized spacial score (nSPS) is 12.7. The number of likely N-dealkylation sites (N-methyl/N-ethyl adjacent to an activating group) is 2. The van der Waals surface area contributed by atoms with Crippen molar-refractivity contribution in [1.29, 1.82) is 0 Å². The lowest BCUT2D eigenvalue weighted by atomic mass is 10.1. The van der Waals surface area contributed by atoms with Crippen LogP contribution >= 0.6 is 0 Å². The van der Waals surface area contributed by atoms with Gasteiger partial charge in [0.15, 0.2) is 0 Å². The van der Waals surface area contributed by atoms with Crippen LogP contribution in [-0.2, 0) is 4.79 Å². The highest BCUT2D eigenvalue weighted by atomic mass is 16.5. The lowest BCUT2D eigenvalue weighted by molar-refractivity contribution is -0.118. The molecule has 1 atom stereocenters. The quantitative estimate of drug-likeness (QED) is 0.644. The van der Waals surface area contributed by atoms with Gasteiger partial charge in [-0.05, 0) is 25.7 Å². The number of hydrogen-bond acceptors (Lipinski definition) is 7. The van der Waals surface area contributed by atoms with Gasteiger partial charge in [0, 0.05) is 26.6 Å². The second-order valence-corrected chi connectivity index (χ2v) is 4.77. The highest BCUT2D eigenvalue weighted by molar-refractivity contribution is 5.73. The molecule has 0 fully saturated rings. The fourth-order valence-corrected chi connectivity index (χ4v) is 1.40. The highest BCUT2D eigenvalue weighted by Crippen LogP contribution is 2.16. The van der Waals surface area contributed by atoms with Gasteiger partial charge < -0.3 is 25.8 Å². The van der Waals surface area contributed by atoms with Crippen molar-refractivity contribution in [3.8, 4) is 0 Å². The summed E-state index contributed by atoms with van der Waals surface area (Å²) in [5.41, 5.74) is 10.9. The Hall–Kier alpha value is -1.67. The van der Waals surface area contributed by atoms with Crippen LogP contribution in [0.15, 0.2) is 4.52 Å². The maximum absolute atomic E-state index is 10.7. The number of amides is 1. The fraction of sp³-hybridized carbons (Fsp3) is 0.727. The van der Waals surface area contributed by atoms with E-state index < -0.39 is 11.9 Å². The number of rotatable bonds is 8. The summed E-state index contributed by atoms with van der Waals surface area (Å²) in [6, 6.07) is -0.462. The molecule has 1 heterocycles. The molecule has 0 spiro atoms. The second-order valence-electron chi connectivity index (χ2n) is 4.77. The van der Waals surface area contributed by atoms with Crippen LogP contribution < -0.4 is 16.4 Å². The first-order valence-corrected chi connectivity index (χ1v) is 6.13. The maximum Gasteiger partial charge on any atom is 0.265 e. The number of hydrogen-bond donors (Lipinski definition) is 2. The second kappa shape index (κ2) is 7.05. The van der Waals surface area contributed by atoms with Crippen LogP contribution in [0.1, 0.15) is 24.8 Å². The summed E-state index contributed by atoms with van der Waals surface area (Å²) < 4.78 is 5.09. The molecule has 0 aliphatic heterocycles. The number of anilines is 1. The van der Waals surface area contributed by atoms with Crippen molar-refractivity contribution in [1.82, 2.24) is 15.0 Å². The molecule has 0 saturated carbocycles. The third kappa shape index (κ3) is 5.23. The topological polar surface area (TPSA) is 115 Å². The monoisotopic (exact) mass is 270 g/mol. The average Bonchev–Trinajstić information content (AvgIpc) is 2.82. The van der Waals surface area contributed by atoms with E-state index in [2.05, 4.69) is 15.0 Å². The van der Waals surface area contributed by atoms with Crippen molar-refractivity contribution in [3.63, 3.8) is 0 Å². The molecule has 0 aliphatic carbocycles. The van der Waals surface area contributed by atoms with Gasteiger partial charge in [0.2, 0.25) is 11.8 Å². The van der Waals surface area contributed by atoms with E-state index in [9.17, 15) is 4.79 Å². The first-order valence-electron chi connectivity index (χ1n) is 6.13. The molecule has 8 nitrogen and oxygen atoms in total. The zero-order valence-corrected chi connectivity index (χ0v) is 11.7. The number of primary amides is 1. The zero-order chi connectivity index (χ0) is 14.4. The number of carbonyl (C=O) groups excluding carboxylic acids is 1. The molecule has 1 aromatic heterocycles. The van der Waals surface area contributed by atoms with Gasteiger partial charge in [-0.25, -0.2) is 0 Å². The van der Waals surface area contributed by atoms with Crippen LogP contribution in [0.25, 0.3) is 0 Å². The summed E-state index contributed by atoms with van der Waals surface area (Å²) in [7, 11) is 5.87. The molecule has 108 valence electrons. The third-order valence-corrected chi connectivity index (χ3v) is 2.67. The average molecular weight is 270 g/mol. The predicted molar refractivity (Wildman–Crippen MR) is 71.5 cm³/mol. The van der Waals surface area contributed by atoms with Gasteiger partial charge in [0.1, 0.15) is 0 Å². The van der Waals surface area contributed by atoms with Crippen molar-refractivity contribution in [2.24, 2.45) is 11.5 Å². The Morgan fingerprint density at radius 1 is 1.37 bits per heavy atom. The van der Waals surface area contributed by atoms with E-state index in [1.807, 2.05) is 26.0 Å². The zero-order valence-electron chi connectivity index (χ0n) is 11.7. The number of carbonyl (C=O) groups is 1. The van der Waals surface area contributed by atoms with Crippen molar-refractivity contribution in [2.45, 2.75) is 18.9 Å². The van der Waals surface area contributed by atoms with Crippen LogP contribution in [0, 0.1) is 0 Å². The minimum absolute atomic E-state index is 0.204. The number of aromatic nitrogens is 2. The lowest BCUT2D eigenvalue weighted by Crippen LogP contribution is -2.29. The Balaban J connectivity index is 2.53. The Kier molecular flexibility index (Phi) is 5.71. The van der Waals surface area contributed by atoms with Crippen LogP contribution in [0.5, 0.6) is 0 Å². The van der Waals surface area contributed by atoms with E-state index in [1.165, 1.54) is 0 Å². The maximum atomic E-state index is 10.7. The minimum atomic E-state index is -0.462. The molecule has 0 unspecified atom stereocenters. The molecular formula is C11H22N6O2. The van der Waals surface area contributed by atoms with E-state index in [0.717, 1.165) is 13.1 Å². The minimum Gasteiger partial charge on any atom is -0.370 e. The smallest absolute Gasteiger partial charge is 0.265 e. The molecule has 0 aromatic carbocycles. The van der Waals surface area contributed by atoms with Crippen molar-refractivity contribution >= 4 is 11.9 Å². The van der Waals surface area contributed by atoms with E-state index in [-0.39, 0.29) is 6.42 Å². The molecular weight excluding hydrogens is 248 g/mol. The molecule has 8 heteroatoms. The lowest BCUT2D eigenvalue weighted by Gasteiger charge is -2.17. The standard InChI is InChI=1S/C11H22N6O2/c1-16(2)6-7-17(3)11-14-10(19-15-11)8(12)4-5-9(13)18/h8H,4-7,12H2,1-3H3,(H2,13,18)/t8-/m1/s1. The molecule has 0 bridgehead atoms. The molecule has 19 heavy (non-hydrogen) atoms. The summed E-state index contributed by atoms with van der Waals surface area (Å²) in [5.74, 6) is 0.428. The van der Waals surface area contributed by atoms with Crippen LogP contribution in [0.3, 0.4) is 0 Å². The molecule has 1 aromatic rings. The Morgan fingerprint density at radius 3 is 2.63 bits per heavy atom. The van der Waals surface area contributed by atoms with Gasteiger partial charge in [-0.15, -0.1) is 0 Å². The SMILES string of the molecule is CN(C)CCN(C)c1noc([C@H](N)CCC(N)=O)n1. The van der Waals surface area contributed by atoms with Gasteiger partial charge in [0.25, 0.3) is 5.95 Å². The van der Waals surface area contributed by atoms with E-state index in [1.54, 1.807) is 0 Å². The Morgan fingerprint density at radius 2 is 2.05 bits per heavy atom. The summed E-state index contributed by atoms with van der Waals surface area (Å²) in [5, 5.41) is 3.87. The number of nitrogens with zero attached hydrogens (tertiary/aromatic N) is 4. The molecule has 1 amide bonds. The highest BCUT2D eigenvalue weighted by Gasteiger charge is 2.17. The van der Waals surface area contributed by atoms with Crippen molar-refractivity contribution in [3.05, 3.63) is 5.89 Å². The molecule has 0 radical (unpaired) electrons. The largest absolute Gasteiger partial charge is 0.370 e. The van der Waals surface area contributed by atoms with Crippen LogP contribution in [0.2, 0.25) is 0 Å². The molecule has 4 N–H and O–H groups in total. The Bertz CT molecular complexity index is 406. The fourth-order valence-electron chi connectivity index (χ4n) is 1.40. The summed E-state index contributed by atoms with van der Waals surface area (Å²) >= 11 is 0. The van der Waals surface area contributed by atoms with Crippen molar-refractivity contribution < 1.29 is 9.32 Å². The summed E-state index contributed by atoms with van der Waals surface area (Å²) in [4.78, 5) is 18.9. The van der Waals surface area contributed by atoms with E-state index in [0.29, 0.717) is 18.3 Å². The van der Waals surface area contributed by atoms with Crippen LogP contribution in [-0.4, -0.2) is 55.2 Å². The van der Waals surface area contributed by atoms with E-state index in [4.69, 9.17) is 16.0 Å². The molecule has 0 aliphatic rings. The van der Waals surface area contributed by atoms with Gasteiger partial charge in [-0.3, -0.25) is 4.79 Å². The van der Waals surface area contributed by atoms with Crippen molar-refractivity contribution in [2.75, 3.05) is 39.1 Å².